The summed E-state index contributed by atoms with van der Waals surface area (Å²) < 4.78 is 28.8. The molecule has 0 spiro atoms. The molecule has 0 aliphatic carbocycles. The maximum absolute atomic E-state index is 13.2. The molecule has 1 aliphatic heterocycles. The fourth-order valence-electron chi connectivity index (χ4n) is 3.69. The first kappa shape index (κ1) is 24.3. The Balaban J connectivity index is 1.76. The lowest BCUT2D eigenvalue weighted by atomic mass is 10.1. The highest BCUT2D eigenvalue weighted by Crippen LogP contribution is 2.20. The standard InChI is InChI=1S/C21H28N6O5S/c22-20(23)24-9-3-6-18(19(28)26-10-12-27(13-11-26)21(29)30)25-33(31,32)17-8-7-15-4-1-2-5-16(15)14-17/h1-2,4-5,7-8,14,18,25H,3,6,9-13H2,(H,29,30)(H4,22,23,24). The van der Waals surface area contributed by atoms with Crippen LogP contribution in [0, 0.1) is 5.41 Å². The molecule has 2 aromatic carbocycles. The number of sulfonamides is 1. The summed E-state index contributed by atoms with van der Waals surface area (Å²) in [4.78, 5) is 27.0. The van der Waals surface area contributed by atoms with Crippen LogP contribution in [0.15, 0.2) is 47.4 Å². The second-order valence-electron chi connectivity index (χ2n) is 7.76. The molecule has 33 heavy (non-hydrogen) atoms. The van der Waals surface area contributed by atoms with Gasteiger partial charge in [-0.1, -0.05) is 30.3 Å². The van der Waals surface area contributed by atoms with Crippen molar-refractivity contribution in [2.45, 2.75) is 23.8 Å². The number of piperazine rings is 1. The number of amides is 2. The molecule has 1 saturated heterocycles. The normalized spacial score (nSPS) is 15.3. The smallest absolute Gasteiger partial charge is 0.407 e. The van der Waals surface area contributed by atoms with Crippen molar-refractivity contribution in [1.82, 2.24) is 19.8 Å². The van der Waals surface area contributed by atoms with Gasteiger partial charge in [-0.05, 0) is 35.7 Å². The number of carboxylic acid groups (broad SMARTS) is 1. The fraction of sp³-hybridized carbons (Fsp3) is 0.381. The van der Waals surface area contributed by atoms with E-state index < -0.39 is 28.1 Å². The highest BCUT2D eigenvalue weighted by Gasteiger charge is 2.31. The summed E-state index contributed by atoms with van der Waals surface area (Å²) >= 11 is 0. The molecule has 178 valence electrons. The quantitative estimate of drug-likeness (QED) is 0.211. The van der Waals surface area contributed by atoms with E-state index in [1.165, 1.54) is 15.9 Å². The van der Waals surface area contributed by atoms with Gasteiger partial charge in [0.2, 0.25) is 15.9 Å². The number of hydrogen-bond acceptors (Lipinski definition) is 5. The SMILES string of the molecule is N=C(N)NCCCC(NS(=O)(=O)c1ccc2ccccc2c1)C(=O)N1CCN(C(=O)O)CC1. The number of nitrogens with two attached hydrogens (primary N) is 1. The van der Waals surface area contributed by atoms with Gasteiger partial charge in [-0.25, -0.2) is 13.2 Å². The van der Waals surface area contributed by atoms with Crippen molar-refractivity contribution < 1.29 is 23.1 Å². The third-order valence-corrected chi connectivity index (χ3v) is 6.94. The van der Waals surface area contributed by atoms with Gasteiger partial charge in [0.25, 0.3) is 0 Å². The molecule has 0 aromatic heterocycles. The number of hydrogen-bond donors (Lipinski definition) is 5. The van der Waals surface area contributed by atoms with Crippen LogP contribution in [0.2, 0.25) is 0 Å². The lowest BCUT2D eigenvalue weighted by Gasteiger charge is -2.35. The first-order valence-corrected chi connectivity index (χ1v) is 12.0. The van der Waals surface area contributed by atoms with Crippen molar-refractivity contribution in [3.05, 3.63) is 42.5 Å². The molecule has 1 heterocycles. The highest BCUT2D eigenvalue weighted by molar-refractivity contribution is 7.89. The number of guanidine groups is 1. The Morgan fingerprint density at radius 3 is 2.33 bits per heavy atom. The van der Waals surface area contributed by atoms with E-state index in [1.807, 2.05) is 24.3 Å². The molecule has 1 aliphatic rings. The van der Waals surface area contributed by atoms with Gasteiger partial charge in [-0.15, -0.1) is 0 Å². The molecule has 0 radical (unpaired) electrons. The van der Waals surface area contributed by atoms with Crippen molar-refractivity contribution in [3.8, 4) is 0 Å². The van der Waals surface area contributed by atoms with Gasteiger partial charge in [-0.3, -0.25) is 10.2 Å². The molecule has 2 aromatic rings. The number of rotatable bonds is 8. The number of nitrogens with zero attached hydrogens (tertiary/aromatic N) is 2. The van der Waals surface area contributed by atoms with Crippen molar-refractivity contribution >= 4 is 38.8 Å². The molecule has 6 N–H and O–H groups in total. The van der Waals surface area contributed by atoms with Crippen molar-refractivity contribution in [2.24, 2.45) is 5.73 Å². The molecule has 1 unspecified atom stereocenters. The monoisotopic (exact) mass is 476 g/mol. The minimum Gasteiger partial charge on any atom is -0.465 e. The van der Waals surface area contributed by atoms with Crippen LogP contribution < -0.4 is 15.8 Å². The summed E-state index contributed by atoms with van der Waals surface area (Å²) in [6.45, 7) is 1.01. The lowest BCUT2D eigenvalue weighted by Crippen LogP contribution is -2.55. The molecule has 2 amide bonds. The van der Waals surface area contributed by atoms with Gasteiger partial charge in [-0.2, -0.15) is 4.72 Å². The maximum Gasteiger partial charge on any atom is 0.407 e. The van der Waals surface area contributed by atoms with Crippen molar-refractivity contribution in [1.29, 1.82) is 5.41 Å². The first-order valence-electron chi connectivity index (χ1n) is 10.5. The Morgan fingerprint density at radius 1 is 1.06 bits per heavy atom. The van der Waals surface area contributed by atoms with E-state index in [-0.39, 0.29) is 43.5 Å². The average molecular weight is 477 g/mol. The van der Waals surface area contributed by atoms with Crippen LogP contribution >= 0.6 is 0 Å². The zero-order valence-electron chi connectivity index (χ0n) is 18.0. The van der Waals surface area contributed by atoms with E-state index >= 15 is 0 Å². The Kier molecular flexibility index (Phi) is 7.71. The maximum atomic E-state index is 13.2. The molecule has 0 bridgehead atoms. The summed E-state index contributed by atoms with van der Waals surface area (Å²) in [6.07, 6.45) is -0.470. The third kappa shape index (κ3) is 6.33. The van der Waals surface area contributed by atoms with Gasteiger partial charge in [0, 0.05) is 32.7 Å². The minimum absolute atomic E-state index is 0.0524. The highest BCUT2D eigenvalue weighted by atomic mass is 32.2. The summed E-state index contributed by atoms with van der Waals surface area (Å²) in [5.74, 6) is -0.619. The number of carbonyl (C=O) groups is 2. The zero-order chi connectivity index (χ0) is 24.0. The second-order valence-corrected chi connectivity index (χ2v) is 9.47. The van der Waals surface area contributed by atoms with Crippen LogP contribution in [0.4, 0.5) is 4.79 Å². The van der Waals surface area contributed by atoms with Gasteiger partial charge in [0.05, 0.1) is 4.90 Å². The first-order chi connectivity index (χ1) is 15.7. The van der Waals surface area contributed by atoms with E-state index in [1.54, 1.807) is 12.1 Å². The number of benzene rings is 2. The van der Waals surface area contributed by atoms with E-state index in [0.29, 0.717) is 13.0 Å². The van der Waals surface area contributed by atoms with Crippen molar-refractivity contribution in [3.63, 3.8) is 0 Å². The minimum atomic E-state index is -4.00. The molecule has 0 saturated carbocycles. The van der Waals surface area contributed by atoms with E-state index in [4.69, 9.17) is 16.2 Å². The number of fused-ring (bicyclic) bond motifs is 1. The van der Waals surface area contributed by atoms with Gasteiger partial charge in [0.15, 0.2) is 5.96 Å². The van der Waals surface area contributed by atoms with Gasteiger partial charge in [0.1, 0.15) is 6.04 Å². The van der Waals surface area contributed by atoms with E-state index in [9.17, 15) is 18.0 Å². The van der Waals surface area contributed by atoms with Crippen LogP contribution in [-0.2, 0) is 14.8 Å². The average Bonchev–Trinajstić information content (AvgIpc) is 2.80. The van der Waals surface area contributed by atoms with E-state index in [0.717, 1.165) is 10.8 Å². The second kappa shape index (κ2) is 10.5. The Morgan fingerprint density at radius 2 is 1.70 bits per heavy atom. The molecule has 3 rings (SSSR count). The van der Waals surface area contributed by atoms with Gasteiger partial charge < -0.3 is 26.0 Å². The number of carbonyl (C=O) groups excluding carboxylic acids is 1. The van der Waals surface area contributed by atoms with Gasteiger partial charge >= 0.3 is 6.09 Å². The predicted molar refractivity (Wildman–Crippen MR) is 123 cm³/mol. The molecule has 12 heteroatoms. The summed E-state index contributed by atoms with van der Waals surface area (Å²) in [5, 5.41) is 20.6. The lowest BCUT2D eigenvalue weighted by molar-refractivity contribution is -0.134. The Bertz CT molecular complexity index is 1130. The Hall–Kier alpha value is -3.38. The van der Waals surface area contributed by atoms with Crippen LogP contribution in [0.5, 0.6) is 0 Å². The molecule has 11 nitrogen and oxygen atoms in total. The topological polar surface area (TPSA) is 169 Å². The van der Waals surface area contributed by atoms with E-state index in [2.05, 4.69) is 10.0 Å². The van der Waals surface area contributed by atoms with Crippen molar-refractivity contribution in [2.75, 3.05) is 32.7 Å². The molecular formula is C21H28N6O5S. The Labute approximate surface area is 192 Å². The predicted octanol–water partition coefficient (Wildman–Crippen LogP) is 0.572. The summed E-state index contributed by atoms with van der Waals surface area (Å²) in [7, 11) is -4.00. The van der Waals surface area contributed by atoms with Crippen LogP contribution in [-0.4, -0.2) is 80.0 Å². The largest absolute Gasteiger partial charge is 0.465 e. The van der Waals surface area contributed by atoms with Crippen LogP contribution in [0.1, 0.15) is 12.8 Å². The molecule has 1 fully saturated rings. The third-order valence-electron chi connectivity index (χ3n) is 5.47. The fourth-order valence-corrected chi connectivity index (χ4v) is 4.95. The van der Waals surface area contributed by atoms with Crippen LogP contribution in [0.3, 0.4) is 0 Å². The molecule has 1 atom stereocenters. The zero-order valence-corrected chi connectivity index (χ0v) is 18.8. The van der Waals surface area contributed by atoms with Crippen LogP contribution in [0.25, 0.3) is 10.8 Å². The summed E-state index contributed by atoms with van der Waals surface area (Å²) in [6, 6.07) is 11.1. The number of nitrogens with one attached hydrogen (secondary N) is 3. The summed E-state index contributed by atoms with van der Waals surface area (Å²) in [5.41, 5.74) is 5.28. The molecular weight excluding hydrogens is 448 g/mol.